The van der Waals surface area contributed by atoms with Gasteiger partial charge >= 0.3 is 5.97 Å². The van der Waals surface area contributed by atoms with Gasteiger partial charge in [-0.1, -0.05) is 23.7 Å². The zero-order valence-corrected chi connectivity index (χ0v) is 18.4. The van der Waals surface area contributed by atoms with Crippen LogP contribution in [-0.2, 0) is 19.4 Å². The van der Waals surface area contributed by atoms with Crippen molar-refractivity contribution in [1.29, 1.82) is 5.41 Å². The molecule has 6 nitrogen and oxygen atoms in total. The molecular formula is C22H23ClN2O4S. The Hall–Kier alpha value is -2.22. The number of ether oxygens (including phenoxy) is 1. The highest BCUT2D eigenvalue weighted by atomic mass is 35.5. The van der Waals surface area contributed by atoms with Crippen molar-refractivity contribution in [2.75, 3.05) is 19.3 Å². The Morgan fingerprint density at radius 3 is 2.70 bits per heavy atom. The van der Waals surface area contributed by atoms with E-state index in [1.54, 1.807) is 30.3 Å². The third kappa shape index (κ3) is 3.55. The third-order valence-corrected chi connectivity index (χ3v) is 7.32. The lowest BCUT2D eigenvalue weighted by Crippen LogP contribution is -2.50. The van der Waals surface area contributed by atoms with E-state index in [2.05, 4.69) is 5.32 Å². The summed E-state index contributed by atoms with van der Waals surface area (Å²) in [5.41, 5.74) is 2.20. The normalized spacial score (nSPS) is 24.3. The first-order valence-electron chi connectivity index (χ1n) is 9.75. The number of esters is 1. The minimum absolute atomic E-state index is 0.214. The van der Waals surface area contributed by atoms with Gasteiger partial charge in [-0.05, 0) is 67.3 Å². The maximum absolute atomic E-state index is 12.7. The van der Waals surface area contributed by atoms with Crippen molar-refractivity contribution in [2.45, 2.75) is 36.2 Å². The van der Waals surface area contributed by atoms with E-state index in [0.29, 0.717) is 34.7 Å². The second-order valence-corrected chi connectivity index (χ2v) is 10.5. The van der Waals surface area contributed by atoms with E-state index < -0.39 is 27.3 Å². The van der Waals surface area contributed by atoms with Crippen molar-refractivity contribution < 1.29 is 17.9 Å². The lowest BCUT2D eigenvalue weighted by Gasteiger charge is -2.32. The quantitative estimate of drug-likeness (QED) is 0.703. The number of piperidine rings is 1. The molecule has 2 fully saturated rings. The van der Waals surface area contributed by atoms with Crippen LogP contribution in [0, 0.1) is 12.3 Å². The fourth-order valence-electron chi connectivity index (χ4n) is 4.29. The van der Waals surface area contributed by atoms with Gasteiger partial charge < -0.3 is 15.5 Å². The van der Waals surface area contributed by atoms with E-state index in [1.165, 1.54) is 0 Å². The molecule has 0 bridgehead atoms. The number of hydrogen-bond donors (Lipinski definition) is 2. The molecule has 2 atom stereocenters. The fourth-order valence-corrected chi connectivity index (χ4v) is 5.24. The molecule has 8 heteroatoms. The molecule has 0 amide bonds. The van der Waals surface area contributed by atoms with Gasteiger partial charge in [0, 0.05) is 23.4 Å². The zero-order chi connectivity index (χ0) is 21.7. The topological polar surface area (TPSA) is 96.3 Å². The molecule has 1 spiro atoms. The van der Waals surface area contributed by atoms with Crippen LogP contribution < -0.4 is 5.32 Å². The molecule has 2 aromatic rings. The highest BCUT2D eigenvalue weighted by Crippen LogP contribution is 2.42. The molecule has 158 valence electrons. The van der Waals surface area contributed by atoms with Crippen LogP contribution in [0.15, 0.2) is 41.3 Å². The largest absolute Gasteiger partial charge is 0.451 e. The number of halogens is 1. The van der Waals surface area contributed by atoms with Crippen molar-refractivity contribution in [2.24, 2.45) is 0 Å². The summed E-state index contributed by atoms with van der Waals surface area (Å²) >= 11 is 6.57. The van der Waals surface area contributed by atoms with Crippen LogP contribution in [0.25, 0.3) is 11.1 Å². The van der Waals surface area contributed by atoms with E-state index >= 15 is 0 Å². The summed E-state index contributed by atoms with van der Waals surface area (Å²) in [6.07, 6.45) is 2.65. The lowest BCUT2D eigenvalue weighted by molar-refractivity contribution is -0.149. The molecule has 2 saturated heterocycles. The predicted octanol–water partition coefficient (Wildman–Crippen LogP) is 3.50. The second-order valence-electron chi connectivity index (χ2n) is 8.03. The molecule has 2 aliphatic rings. The van der Waals surface area contributed by atoms with E-state index in [1.807, 2.05) is 13.0 Å². The minimum atomic E-state index is -3.35. The number of nitrogens with one attached hydrogen (secondary N) is 2. The Morgan fingerprint density at radius 1 is 1.27 bits per heavy atom. The van der Waals surface area contributed by atoms with Crippen molar-refractivity contribution in [1.82, 2.24) is 5.32 Å². The molecule has 0 aliphatic carbocycles. The number of carbonyl (C=O) groups is 1. The van der Waals surface area contributed by atoms with Crippen LogP contribution in [0.1, 0.15) is 29.9 Å². The average molecular weight is 447 g/mol. The molecule has 30 heavy (non-hydrogen) atoms. The molecular weight excluding hydrogens is 424 g/mol. The second kappa shape index (κ2) is 7.48. The van der Waals surface area contributed by atoms with E-state index in [4.69, 9.17) is 21.7 Å². The van der Waals surface area contributed by atoms with Gasteiger partial charge in [-0.2, -0.15) is 0 Å². The molecule has 0 aromatic heterocycles. The number of aryl methyl sites for hydroxylation is 1. The maximum Gasteiger partial charge on any atom is 0.320 e. The molecule has 4 rings (SSSR count). The van der Waals surface area contributed by atoms with Gasteiger partial charge in [-0.3, -0.25) is 4.79 Å². The Bertz CT molecular complexity index is 1150. The minimum Gasteiger partial charge on any atom is -0.451 e. The van der Waals surface area contributed by atoms with Gasteiger partial charge in [0.1, 0.15) is 5.92 Å². The molecule has 2 unspecified atom stereocenters. The molecule has 2 N–H and O–H groups in total. The summed E-state index contributed by atoms with van der Waals surface area (Å²) < 4.78 is 29.5. The van der Waals surface area contributed by atoms with Gasteiger partial charge in [0.2, 0.25) is 0 Å². The van der Waals surface area contributed by atoms with E-state index in [0.717, 1.165) is 24.8 Å². The summed E-state index contributed by atoms with van der Waals surface area (Å²) in [6, 6.07) is 10.1. The summed E-state index contributed by atoms with van der Waals surface area (Å²) in [5, 5.41) is 12.3. The standard InChI is InChI=1S/C22H23ClN2O4S/c1-13-9-17(14-5-3-6-15(10-14)30(2,27)28)18(23)11-16(13)19-20(24)22(29-21(19)26)7-4-8-25-12-22/h3,5-6,9-11,19,24-25H,4,7-8,12H2,1-2H3. The first-order valence-corrected chi connectivity index (χ1v) is 12.0. The van der Waals surface area contributed by atoms with Crippen LogP contribution in [0.4, 0.5) is 0 Å². The summed E-state index contributed by atoms with van der Waals surface area (Å²) in [4.78, 5) is 12.9. The molecule has 2 heterocycles. The average Bonchev–Trinajstić information content (AvgIpc) is 2.93. The van der Waals surface area contributed by atoms with Gasteiger partial charge in [-0.15, -0.1) is 0 Å². The van der Waals surface area contributed by atoms with Crippen molar-refractivity contribution >= 4 is 33.1 Å². The molecule has 0 radical (unpaired) electrons. The molecule has 2 aromatic carbocycles. The SMILES string of the molecule is Cc1cc(-c2cccc(S(C)(=O)=O)c2)c(Cl)cc1C1C(=N)C2(CCCNC2)OC1=O. The van der Waals surface area contributed by atoms with Gasteiger partial charge in [0.25, 0.3) is 0 Å². The van der Waals surface area contributed by atoms with Crippen LogP contribution in [0.2, 0.25) is 5.02 Å². The van der Waals surface area contributed by atoms with Crippen LogP contribution >= 0.6 is 11.6 Å². The van der Waals surface area contributed by atoms with Gasteiger partial charge in [-0.25, -0.2) is 8.42 Å². The van der Waals surface area contributed by atoms with Gasteiger partial charge in [0.05, 0.1) is 10.6 Å². The van der Waals surface area contributed by atoms with Crippen LogP contribution in [0.5, 0.6) is 0 Å². The van der Waals surface area contributed by atoms with E-state index in [9.17, 15) is 13.2 Å². The number of sulfone groups is 1. The fraction of sp³-hybridized carbons (Fsp3) is 0.364. The summed E-state index contributed by atoms with van der Waals surface area (Å²) in [7, 11) is -3.35. The predicted molar refractivity (Wildman–Crippen MR) is 116 cm³/mol. The number of benzene rings is 2. The lowest BCUT2D eigenvalue weighted by atomic mass is 9.81. The Morgan fingerprint density at radius 2 is 2.03 bits per heavy atom. The first-order chi connectivity index (χ1) is 14.1. The highest BCUT2D eigenvalue weighted by Gasteiger charge is 2.53. The Labute approximate surface area is 181 Å². The van der Waals surface area contributed by atoms with Gasteiger partial charge in [0.15, 0.2) is 15.4 Å². The van der Waals surface area contributed by atoms with Crippen molar-refractivity contribution in [3.8, 4) is 11.1 Å². The van der Waals surface area contributed by atoms with E-state index in [-0.39, 0.29) is 10.6 Å². The summed E-state index contributed by atoms with van der Waals surface area (Å²) in [6.45, 7) is 3.17. The maximum atomic E-state index is 12.7. The van der Waals surface area contributed by atoms with Crippen LogP contribution in [-0.4, -0.2) is 45.0 Å². The number of carbonyl (C=O) groups excluding carboxylic acids is 1. The number of rotatable bonds is 3. The molecule has 2 aliphatic heterocycles. The summed E-state index contributed by atoms with van der Waals surface area (Å²) in [5.74, 6) is -1.20. The number of hydrogen-bond acceptors (Lipinski definition) is 6. The first kappa shape index (κ1) is 21.0. The third-order valence-electron chi connectivity index (χ3n) is 5.90. The van der Waals surface area contributed by atoms with Crippen molar-refractivity contribution in [3.63, 3.8) is 0 Å². The monoisotopic (exact) mass is 446 g/mol. The zero-order valence-electron chi connectivity index (χ0n) is 16.8. The Balaban J connectivity index is 1.74. The molecule has 0 saturated carbocycles. The smallest absolute Gasteiger partial charge is 0.320 e. The highest BCUT2D eigenvalue weighted by molar-refractivity contribution is 7.90. The van der Waals surface area contributed by atoms with Crippen molar-refractivity contribution in [3.05, 3.63) is 52.5 Å². The van der Waals surface area contributed by atoms with Crippen LogP contribution in [0.3, 0.4) is 0 Å². The Kier molecular flexibility index (Phi) is 5.24.